The van der Waals surface area contributed by atoms with Crippen LogP contribution in [0.15, 0.2) is 64.5 Å². The summed E-state index contributed by atoms with van der Waals surface area (Å²) in [5, 5.41) is 1.17. The Morgan fingerprint density at radius 3 is 2.32 bits per heavy atom. The van der Waals surface area contributed by atoms with Gasteiger partial charge in [-0.1, -0.05) is 42.1 Å². The van der Waals surface area contributed by atoms with Gasteiger partial charge in [-0.25, -0.2) is 4.98 Å². The van der Waals surface area contributed by atoms with Crippen molar-refractivity contribution >= 4 is 34.3 Å². The van der Waals surface area contributed by atoms with Gasteiger partial charge in [0, 0.05) is 17.8 Å². The number of carbonyl (C=O) groups is 1. The van der Waals surface area contributed by atoms with E-state index in [1.165, 1.54) is 11.8 Å². The maximum Gasteiger partial charge on any atom is 0.262 e. The van der Waals surface area contributed by atoms with E-state index in [-0.39, 0.29) is 29.3 Å². The molecule has 0 unspecified atom stereocenters. The molecule has 0 bridgehead atoms. The predicted octanol–water partition coefficient (Wildman–Crippen LogP) is 4.51. The van der Waals surface area contributed by atoms with Gasteiger partial charge in [0.15, 0.2) is 5.16 Å². The quantitative estimate of drug-likeness (QED) is 0.455. The van der Waals surface area contributed by atoms with E-state index < -0.39 is 0 Å². The van der Waals surface area contributed by atoms with Gasteiger partial charge in [-0.05, 0) is 52.0 Å². The van der Waals surface area contributed by atoms with Crippen LogP contribution in [-0.4, -0.2) is 27.3 Å². The summed E-state index contributed by atoms with van der Waals surface area (Å²) in [5.41, 5.74) is 1.46. The third-order valence-corrected chi connectivity index (χ3v) is 5.37. The standard InChI is InChI=1S/C22H25N3O2S/c1-15(2)24(17-10-6-5-7-11-17)20(26)14-28-22-23-19-13-9-8-12-18(19)21(27)25(22)16(3)4/h5-13,15-16H,14H2,1-4H3. The van der Waals surface area contributed by atoms with Gasteiger partial charge < -0.3 is 4.90 Å². The van der Waals surface area contributed by atoms with Crippen LogP contribution in [0, 0.1) is 0 Å². The molecule has 3 rings (SSSR count). The van der Waals surface area contributed by atoms with Crippen LogP contribution in [0.4, 0.5) is 5.69 Å². The number of carbonyl (C=O) groups excluding carboxylic acids is 1. The normalized spacial score (nSPS) is 11.4. The zero-order chi connectivity index (χ0) is 20.3. The second-order valence-corrected chi connectivity index (χ2v) is 8.10. The summed E-state index contributed by atoms with van der Waals surface area (Å²) in [6.07, 6.45) is 0. The number of thioether (sulfide) groups is 1. The van der Waals surface area contributed by atoms with Gasteiger partial charge in [-0.3, -0.25) is 14.2 Å². The number of hydrogen-bond acceptors (Lipinski definition) is 4. The lowest BCUT2D eigenvalue weighted by Gasteiger charge is -2.27. The van der Waals surface area contributed by atoms with Gasteiger partial charge in [0.25, 0.3) is 5.56 Å². The molecular formula is C22H25N3O2S. The first kappa shape index (κ1) is 20.1. The van der Waals surface area contributed by atoms with Crippen molar-refractivity contribution in [2.24, 2.45) is 0 Å². The van der Waals surface area contributed by atoms with E-state index in [1.54, 1.807) is 15.5 Å². The third kappa shape index (κ3) is 4.12. The topological polar surface area (TPSA) is 55.2 Å². The van der Waals surface area contributed by atoms with Gasteiger partial charge in [-0.15, -0.1) is 0 Å². The molecule has 2 aromatic carbocycles. The zero-order valence-electron chi connectivity index (χ0n) is 16.6. The lowest BCUT2D eigenvalue weighted by molar-refractivity contribution is -0.116. The van der Waals surface area contributed by atoms with E-state index >= 15 is 0 Å². The van der Waals surface area contributed by atoms with E-state index in [0.29, 0.717) is 16.1 Å². The molecule has 5 nitrogen and oxygen atoms in total. The van der Waals surface area contributed by atoms with Crippen molar-refractivity contribution in [2.75, 3.05) is 10.7 Å². The highest BCUT2D eigenvalue weighted by atomic mass is 32.2. The summed E-state index contributed by atoms with van der Waals surface area (Å²) < 4.78 is 1.67. The number of rotatable bonds is 6. The van der Waals surface area contributed by atoms with Crippen molar-refractivity contribution in [1.29, 1.82) is 0 Å². The Labute approximate surface area is 169 Å². The Morgan fingerprint density at radius 2 is 1.68 bits per heavy atom. The molecule has 0 N–H and O–H groups in total. The van der Waals surface area contributed by atoms with Crippen LogP contribution >= 0.6 is 11.8 Å². The number of amides is 1. The molecular weight excluding hydrogens is 370 g/mol. The molecule has 0 spiro atoms. The molecule has 0 aliphatic rings. The predicted molar refractivity (Wildman–Crippen MR) is 116 cm³/mol. The van der Waals surface area contributed by atoms with Gasteiger partial charge in [0.05, 0.1) is 16.7 Å². The van der Waals surface area contributed by atoms with E-state index in [9.17, 15) is 9.59 Å². The largest absolute Gasteiger partial charge is 0.309 e. The fourth-order valence-corrected chi connectivity index (χ4v) is 4.18. The van der Waals surface area contributed by atoms with Gasteiger partial charge >= 0.3 is 0 Å². The van der Waals surface area contributed by atoms with Crippen molar-refractivity contribution in [2.45, 2.75) is 44.9 Å². The molecule has 1 heterocycles. The first-order chi connectivity index (χ1) is 13.4. The van der Waals surface area contributed by atoms with Crippen LogP contribution in [-0.2, 0) is 4.79 Å². The van der Waals surface area contributed by atoms with Crippen molar-refractivity contribution in [3.05, 3.63) is 65.0 Å². The molecule has 0 saturated heterocycles. The molecule has 146 valence electrons. The first-order valence-corrected chi connectivity index (χ1v) is 10.4. The summed E-state index contributed by atoms with van der Waals surface area (Å²) in [6.45, 7) is 7.89. The fraction of sp³-hybridized carbons (Fsp3) is 0.318. The average molecular weight is 396 g/mol. The highest BCUT2D eigenvalue weighted by molar-refractivity contribution is 7.99. The number of fused-ring (bicyclic) bond motifs is 1. The molecule has 0 fully saturated rings. The lowest BCUT2D eigenvalue weighted by Crippen LogP contribution is -2.38. The van der Waals surface area contributed by atoms with Crippen LogP contribution in [0.25, 0.3) is 10.9 Å². The van der Waals surface area contributed by atoms with Crippen LogP contribution in [0.2, 0.25) is 0 Å². The van der Waals surface area contributed by atoms with Crippen molar-refractivity contribution in [3.8, 4) is 0 Å². The molecule has 0 saturated carbocycles. The molecule has 0 radical (unpaired) electrons. The Bertz CT molecular complexity index is 1030. The van der Waals surface area contributed by atoms with Gasteiger partial charge in [0.2, 0.25) is 5.91 Å². The number of para-hydroxylation sites is 2. The summed E-state index contributed by atoms with van der Waals surface area (Å²) in [6, 6.07) is 17.0. The fourth-order valence-electron chi connectivity index (χ4n) is 3.20. The van der Waals surface area contributed by atoms with Gasteiger partial charge in [0.1, 0.15) is 0 Å². The second kappa shape index (κ2) is 8.61. The minimum atomic E-state index is -0.0701. The highest BCUT2D eigenvalue weighted by Gasteiger charge is 2.21. The summed E-state index contributed by atoms with van der Waals surface area (Å²) in [5.74, 6) is 0.203. The smallest absolute Gasteiger partial charge is 0.262 e. The Hall–Kier alpha value is -2.60. The minimum absolute atomic E-state index is 0.0103. The van der Waals surface area contributed by atoms with Crippen molar-refractivity contribution < 1.29 is 4.79 Å². The SMILES string of the molecule is CC(C)N(C(=O)CSc1nc2ccccc2c(=O)n1C(C)C)c1ccccc1. The molecule has 3 aromatic rings. The summed E-state index contributed by atoms with van der Waals surface area (Å²) >= 11 is 1.31. The number of aromatic nitrogens is 2. The number of hydrogen-bond donors (Lipinski definition) is 0. The van der Waals surface area contributed by atoms with Crippen molar-refractivity contribution in [3.63, 3.8) is 0 Å². The average Bonchev–Trinajstić information content (AvgIpc) is 2.67. The maximum atomic E-state index is 13.0. The zero-order valence-corrected chi connectivity index (χ0v) is 17.4. The van der Waals surface area contributed by atoms with Crippen LogP contribution in [0.1, 0.15) is 33.7 Å². The third-order valence-electron chi connectivity index (χ3n) is 4.44. The summed E-state index contributed by atoms with van der Waals surface area (Å²) in [7, 11) is 0. The molecule has 0 aliphatic carbocycles. The number of nitrogens with zero attached hydrogens (tertiary/aromatic N) is 3. The van der Waals surface area contributed by atoms with Crippen molar-refractivity contribution in [1.82, 2.24) is 9.55 Å². The number of anilines is 1. The first-order valence-electron chi connectivity index (χ1n) is 9.41. The Balaban J connectivity index is 1.91. The van der Waals surface area contributed by atoms with E-state index in [1.807, 2.05) is 76.2 Å². The molecule has 1 aromatic heterocycles. The molecule has 0 aliphatic heterocycles. The van der Waals surface area contributed by atoms with Crippen LogP contribution in [0.5, 0.6) is 0 Å². The Morgan fingerprint density at radius 1 is 1.04 bits per heavy atom. The maximum absolute atomic E-state index is 13.0. The number of benzene rings is 2. The molecule has 28 heavy (non-hydrogen) atoms. The second-order valence-electron chi connectivity index (χ2n) is 7.16. The lowest BCUT2D eigenvalue weighted by atomic mass is 10.2. The van der Waals surface area contributed by atoms with E-state index in [4.69, 9.17) is 0 Å². The monoisotopic (exact) mass is 395 g/mol. The van der Waals surface area contributed by atoms with Gasteiger partial charge in [-0.2, -0.15) is 0 Å². The van der Waals surface area contributed by atoms with E-state index in [0.717, 1.165) is 5.69 Å². The Kier molecular flexibility index (Phi) is 6.19. The van der Waals surface area contributed by atoms with Crippen LogP contribution < -0.4 is 10.5 Å². The summed E-state index contributed by atoms with van der Waals surface area (Å²) in [4.78, 5) is 32.3. The minimum Gasteiger partial charge on any atom is -0.309 e. The van der Waals surface area contributed by atoms with E-state index in [2.05, 4.69) is 4.98 Å². The molecule has 1 amide bonds. The highest BCUT2D eigenvalue weighted by Crippen LogP contribution is 2.23. The molecule has 0 atom stereocenters. The van der Waals surface area contributed by atoms with Crippen LogP contribution in [0.3, 0.4) is 0 Å². The molecule has 6 heteroatoms.